The quantitative estimate of drug-likeness (QED) is 0.205. The van der Waals surface area contributed by atoms with E-state index in [1.807, 2.05) is 14.0 Å². The van der Waals surface area contributed by atoms with E-state index in [1.165, 1.54) is 0 Å². The lowest BCUT2D eigenvalue weighted by molar-refractivity contribution is 0.251. The molecule has 1 aromatic carbocycles. The summed E-state index contributed by atoms with van der Waals surface area (Å²) in [6.45, 7) is 4.64. The molecule has 0 amide bonds. The molecule has 8 nitrogen and oxygen atoms in total. The molecule has 2 aliphatic heterocycles. The summed E-state index contributed by atoms with van der Waals surface area (Å²) in [7, 11) is 0.454. The van der Waals surface area contributed by atoms with Crippen LogP contribution in [-0.4, -0.2) is 70.6 Å². The van der Waals surface area contributed by atoms with E-state index in [0.717, 1.165) is 25.1 Å². The number of benzene rings is 1. The van der Waals surface area contributed by atoms with Crippen LogP contribution >= 0.6 is 0 Å². The number of azide groups is 1. The molecule has 30 heavy (non-hydrogen) atoms. The van der Waals surface area contributed by atoms with Crippen molar-refractivity contribution in [2.45, 2.75) is 36.7 Å². The molecule has 0 fully saturated rings. The van der Waals surface area contributed by atoms with Crippen LogP contribution in [-0.2, 0) is 14.3 Å². The number of nitrogens with zero attached hydrogens (tertiary/aromatic N) is 5. The van der Waals surface area contributed by atoms with E-state index in [0.29, 0.717) is 19.0 Å². The lowest BCUT2D eigenvalue weighted by Gasteiger charge is -2.18. The Balaban J connectivity index is 0.000000248. The van der Waals surface area contributed by atoms with Crippen LogP contribution in [0.25, 0.3) is 10.4 Å². The summed E-state index contributed by atoms with van der Waals surface area (Å²) >= 11 is 0. The Morgan fingerprint density at radius 2 is 1.63 bits per heavy atom. The van der Waals surface area contributed by atoms with Crippen molar-refractivity contribution in [2.24, 2.45) is 5.11 Å². The summed E-state index contributed by atoms with van der Waals surface area (Å²) in [5, 5.41) is 3.49. The molecule has 2 atom stereocenters. The van der Waals surface area contributed by atoms with Crippen molar-refractivity contribution >= 4 is 10.1 Å². The summed E-state index contributed by atoms with van der Waals surface area (Å²) < 4.78 is 29.0. The average molecular weight is 434 g/mol. The minimum Gasteiger partial charge on any atom is -0.296 e. The first kappa shape index (κ1) is 24.1. The van der Waals surface area contributed by atoms with Crippen molar-refractivity contribution in [3.63, 3.8) is 0 Å². The number of aryl methyl sites for hydroxylation is 1. The van der Waals surface area contributed by atoms with Crippen LogP contribution < -0.4 is 0 Å². The van der Waals surface area contributed by atoms with Crippen LogP contribution in [0.1, 0.15) is 18.4 Å². The molecule has 0 aromatic heterocycles. The molecule has 9 heteroatoms. The summed E-state index contributed by atoms with van der Waals surface area (Å²) in [4.78, 5) is 7.30. The maximum Gasteiger partial charge on any atom is 0.296 e. The Hall–Kier alpha value is -2.16. The highest BCUT2D eigenvalue weighted by molar-refractivity contribution is 7.86. The first-order chi connectivity index (χ1) is 14.3. The normalized spacial score (nSPS) is 21.3. The zero-order valence-electron chi connectivity index (χ0n) is 17.9. The van der Waals surface area contributed by atoms with Gasteiger partial charge < -0.3 is 0 Å². The summed E-state index contributed by atoms with van der Waals surface area (Å²) in [5.74, 6) is 0. The monoisotopic (exact) mass is 433 g/mol. The van der Waals surface area contributed by atoms with Crippen LogP contribution in [0.3, 0.4) is 0 Å². The van der Waals surface area contributed by atoms with Crippen molar-refractivity contribution < 1.29 is 12.6 Å². The highest BCUT2D eigenvalue weighted by Gasteiger charge is 2.19. The average Bonchev–Trinajstić information content (AvgIpc) is 3.31. The third kappa shape index (κ3) is 7.59. The lowest BCUT2D eigenvalue weighted by Crippen LogP contribution is -2.27. The second kappa shape index (κ2) is 11.9. The van der Waals surface area contributed by atoms with Gasteiger partial charge in [0.15, 0.2) is 0 Å². The van der Waals surface area contributed by atoms with E-state index >= 15 is 0 Å². The molecule has 2 heterocycles. The van der Waals surface area contributed by atoms with Crippen LogP contribution in [0.5, 0.6) is 0 Å². The molecule has 0 bridgehead atoms. The highest BCUT2D eigenvalue weighted by Crippen LogP contribution is 2.16. The van der Waals surface area contributed by atoms with E-state index in [-0.39, 0.29) is 17.5 Å². The number of likely N-dealkylation sites (N-methyl/N-ethyl adjacent to an activating group) is 2. The number of rotatable bonds is 8. The third-order valence-electron chi connectivity index (χ3n) is 5.19. The molecule has 2 aliphatic rings. The van der Waals surface area contributed by atoms with Crippen molar-refractivity contribution in [1.29, 1.82) is 0 Å². The van der Waals surface area contributed by atoms with Gasteiger partial charge in [0, 0.05) is 36.6 Å². The van der Waals surface area contributed by atoms with Crippen molar-refractivity contribution in [3.05, 3.63) is 64.6 Å². The smallest absolute Gasteiger partial charge is 0.296 e. The fourth-order valence-electron chi connectivity index (χ4n) is 3.25. The minimum absolute atomic E-state index is 0.204. The van der Waals surface area contributed by atoms with Gasteiger partial charge in [-0.2, -0.15) is 8.42 Å². The van der Waals surface area contributed by atoms with E-state index < -0.39 is 10.1 Å². The van der Waals surface area contributed by atoms with Crippen molar-refractivity contribution in [1.82, 2.24) is 9.80 Å². The van der Waals surface area contributed by atoms with Gasteiger partial charge in [0.2, 0.25) is 0 Å². The predicted octanol–water partition coefficient (Wildman–Crippen LogP) is 3.52. The Kier molecular flexibility index (Phi) is 9.55. The Bertz CT molecular complexity index is 876. The molecule has 0 radical (unpaired) electrons. The van der Waals surface area contributed by atoms with Crippen LogP contribution in [0.4, 0.5) is 0 Å². The number of hydrogen-bond acceptors (Lipinski definition) is 6. The maximum atomic E-state index is 11.9. The zero-order valence-corrected chi connectivity index (χ0v) is 18.7. The van der Waals surface area contributed by atoms with Gasteiger partial charge in [-0.05, 0) is 51.5 Å². The van der Waals surface area contributed by atoms with Gasteiger partial charge in [-0.1, -0.05) is 47.1 Å². The molecule has 0 saturated carbocycles. The van der Waals surface area contributed by atoms with E-state index in [2.05, 4.69) is 51.2 Å². The van der Waals surface area contributed by atoms with Gasteiger partial charge in [0.05, 0.1) is 11.5 Å². The Morgan fingerprint density at radius 3 is 2.13 bits per heavy atom. The van der Waals surface area contributed by atoms with Gasteiger partial charge in [-0.3, -0.25) is 14.0 Å². The second-order valence-corrected chi connectivity index (χ2v) is 9.11. The SMILES string of the molecule is CN1CC=CC1CCN=[N+]=[N-].Cc1ccc(S(=O)(=O)OCCC2C=CCN2C)cc1. The fraction of sp³-hybridized carbons (Fsp3) is 0.524. The molecule has 1 aromatic rings. The summed E-state index contributed by atoms with van der Waals surface area (Å²) in [6.07, 6.45) is 10.1. The largest absolute Gasteiger partial charge is 0.296 e. The highest BCUT2D eigenvalue weighted by atomic mass is 32.2. The molecule has 0 N–H and O–H groups in total. The first-order valence-corrected chi connectivity index (χ1v) is 11.4. The van der Waals surface area contributed by atoms with Gasteiger partial charge >= 0.3 is 0 Å². The molecule has 2 unspecified atom stereocenters. The van der Waals surface area contributed by atoms with Gasteiger partial charge in [-0.15, -0.1) is 0 Å². The third-order valence-corrected chi connectivity index (χ3v) is 6.51. The first-order valence-electron chi connectivity index (χ1n) is 10.0. The molecule has 0 spiro atoms. The Labute approximate surface area is 179 Å². The summed E-state index contributed by atoms with van der Waals surface area (Å²) in [6, 6.07) is 7.43. The molecular formula is C21H31N5O3S. The van der Waals surface area contributed by atoms with Crippen molar-refractivity contribution in [3.8, 4) is 0 Å². The zero-order chi connectivity index (χ0) is 22.0. The fourth-order valence-corrected chi connectivity index (χ4v) is 4.17. The van der Waals surface area contributed by atoms with Gasteiger partial charge in [0.25, 0.3) is 10.1 Å². The van der Waals surface area contributed by atoms with Crippen LogP contribution in [0, 0.1) is 6.92 Å². The van der Waals surface area contributed by atoms with E-state index in [9.17, 15) is 8.42 Å². The Morgan fingerprint density at radius 1 is 1.07 bits per heavy atom. The number of hydrogen-bond donors (Lipinski definition) is 0. The van der Waals surface area contributed by atoms with Crippen LogP contribution in [0.15, 0.2) is 58.6 Å². The van der Waals surface area contributed by atoms with Crippen molar-refractivity contribution in [2.75, 3.05) is 40.3 Å². The maximum absolute atomic E-state index is 11.9. The molecular weight excluding hydrogens is 402 g/mol. The van der Waals surface area contributed by atoms with Crippen LogP contribution in [0.2, 0.25) is 0 Å². The van der Waals surface area contributed by atoms with Gasteiger partial charge in [0.1, 0.15) is 0 Å². The van der Waals surface area contributed by atoms with Gasteiger partial charge in [-0.25, -0.2) is 0 Å². The molecule has 164 valence electrons. The van der Waals surface area contributed by atoms with E-state index in [1.54, 1.807) is 24.3 Å². The topological polar surface area (TPSA) is 98.6 Å². The van der Waals surface area contributed by atoms with E-state index in [4.69, 9.17) is 9.71 Å². The minimum atomic E-state index is -3.63. The standard InChI is InChI=1S/C14H19NO3S.C7H12N4/c1-12-5-7-14(8-6-12)19(16,17)18-11-9-13-4-3-10-15(13)2;1-11-6-2-3-7(11)4-5-9-10-8/h3-8,13H,9-11H2,1-2H3;2-3,7H,4-6H2,1H3. The predicted molar refractivity (Wildman–Crippen MR) is 119 cm³/mol. The second-order valence-electron chi connectivity index (χ2n) is 7.49. The molecule has 0 aliphatic carbocycles. The molecule has 3 rings (SSSR count). The summed E-state index contributed by atoms with van der Waals surface area (Å²) in [5.41, 5.74) is 9.06. The lowest BCUT2D eigenvalue weighted by atomic mass is 10.2. The molecule has 0 saturated heterocycles.